The van der Waals surface area contributed by atoms with Crippen LogP contribution in [0.25, 0.3) is 0 Å². The second-order valence-corrected chi connectivity index (χ2v) is 4.44. The summed E-state index contributed by atoms with van der Waals surface area (Å²) in [6, 6.07) is 0. The Bertz CT molecular complexity index is 273. The molecule has 1 fully saturated rings. The zero-order valence-electron chi connectivity index (χ0n) is 10.9. The minimum Gasteiger partial charge on any atom is -0.469 e. The standard InChI is InChI=1S/C12H22N2O3/c1-4-11(12(16)17-3)9-13-5-7-14(8-6-13)10(2)15/h11H,4-9H2,1-3H3. The third kappa shape index (κ3) is 4.00. The summed E-state index contributed by atoms with van der Waals surface area (Å²) >= 11 is 0. The maximum atomic E-state index is 11.5. The van der Waals surface area contributed by atoms with E-state index >= 15 is 0 Å². The smallest absolute Gasteiger partial charge is 0.309 e. The van der Waals surface area contributed by atoms with Crippen molar-refractivity contribution in [3.8, 4) is 0 Å². The first-order valence-corrected chi connectivity index (χ1v) is 6.14. The molecule has 17 heavy (non-hydrogen) atoms. The number of piperazine rings is 1. The van der Waals surface area contributed by atoms with E-state index in [-0.39, 0.29) is 17.8 Å². The average Bonchev–Trinajstić information content (AvgIpc) is 2.35. The maximum absolute atomic E-state index is 11.5. The van der Waals surface area contributed by atoms with Gasteiger partial charge in [-0.2, -0.15) is 0 Å². The van der Waals surface area contributed by atoms with Crippen molar-refractivity contribution in [1.29, 1.82) is 0 Å². The molecule has 1 saturated heterocycles. The molecular formula is C12H22N2O3. The van der Waals surface area contributed by atoms with Gasteiger partial charge in [-0.15, -0.1) is 0 Å². The van der Waals surface area contributed by atoms with Gasteiger partial charge in [-0.3, -0.25) is 14.5 Å². The first-order chi connectivity index (χ1) is 8.08. The minimum absolute atomic E-state index is 0.0520. The van der Waals surface area contributed by atoms with Gasteiger partial charge in [-0.1, -0.05) is 6.92 Å². The largest absolute Gasteiger partial charge is 0.469 e. The average molecular weight is 242 g/mol. The van der Waals surface area contributed by atoms with Crippen molar-refractivity contribution >= 4 is 11.9 Å². The van der Waals surface area contributed by atoms with Crippen LogP contribution >= 0.6 is 0 Å². The maximum Gasteiger partial charge on any atom is 0.309 e. The van der Waals surface area contributed by atoms with Gasteiger partial charge in [0, 0.05) is 39.6 Å². The molecule has 1 unspecified atom stereocenters. The van der Waals surface area contributed by atoms with E-state index in [0.717, 1.165) is 39.1 Å². The van der Waals surface area contributed by atoms with Gasteiger partial charge in [0.05, 0.1) is 13.0 Å². The molecule has 5 heteroatoms. The van der Waals surface area contributed by atoms with E-state index in [1.54, 1.807) is 6.92 Å². The van der Waals surface area contributed by atoms with E-state index in [0.29, 0.717) is 0 Å². The summed E-state index contributed by atoms with van der Waals surface area (Å²) in [6.45, 7) is 7.52. The lowest BCUT2D eigenvalue weighted by Crippen LogP contribution is -2.49. The highest BCUT2D eigenvalue weighted by molar-refractivity contribution is 5.73. The SMILES string of the molecule is CCC(CN1CCN(C(C)=O)CC1)C(=O)OC. The van der Waals surface area contributed by atoms with Crippen molar-refractivity contribution in [3.63, 3.8) is 0 Å². The van der Waals surface area contributed by atoms with E-state index in [4.69, 9.17) is 4.74 Å². The van der Waals surface area contributed by atoms with Crippen LogP contribution in [0.5, 0.6) is 0 Å². The molecule has 5 nitrogen and oxygen atoms in total. The zero-order valence-corrected chi connectivity index (χ0v) is 10.9. The van der Waals surface area contributed by atoms with Crippen LogP contribution in [-0.4, -0.2) is 61.5 Å². The number of methoxy groups -OCH3 is 1. The quantitative estimate of drug-likeness (QED) is 0.667. The number of hydrogen-bond donors (Lipinski definition) is 0. The molecule has 1 aliphatic rings. The number of esters is 1. The first-order valence-electron chi connectivity index (χ1n) is 6.14. The Morgan fingerprint density at radius 3 is 2.24 bits per heavy atom. The summed E-state index contributed by atoms with van der Waals surface area (Å²) in [7, 11) is 1.43. The van der Waals surface area contributed by atoms with Crippen LogP contribution in [0.1, 0.15) is 20.3 Å². The molecular weight excluding hydrogens is 220 g/mol. The zero-order chi connectivity index (χ0) is 12.8. The van der Waals surface area contributed by atoms with Gasteiger partial charge < -0.3 is 9.64 Å². The number of carbonyl (C=O) groups excluding carboxylic acids is 2. The number of amides is 1. The summed E-state index contributed by atoms with van der Waals surface area (Å²) in [5.41, 5.74) is 0. The Hall–Kier alpha value is -1.10. The van der Waals surface area contributed by atoms with Crippen molar-refractivity contribution in [2.45, 2.75) is 20.3 Å². The lowest BCUT2D eigenvalue weighted by Gasteiger charge is -2.35. The molecule has 0 aromatic rings. The summed E-state index contributed by atoms with van der Waals surface area (Å²) in [5, 5.41) is 0. The molecule has 0 aromatic carbocycles. The molecule has 0 aliphatic carbocycles. The Morgan fingerprint density at radius 1 is 1.24 bits per heavy atom. The molecule has 0 N–H and O–H groups in total. The summed E-state index contributed by atoms with van der Waals surface area (Å²) in [6.07, 6.45) is 0.791. The normalized spacial score (nSPS) is 18.9. The molecule has 1 rings (SSSR count). The Morgan fingerprint density at radius 2 is 1.82 bits per heavy atom. The molecule has 0 bridgehead atoms. The van der Waals surface area contributed by atoms with Crippen LogP contribution in [0.15, 0.2) is 0 Å². The van der Waals surface area contributed by atoms with Crippen LogP contribution in [0.4, 0.5) is 0 Å². The van der Waals surface area contributed by atoms with Crippen molar-refractivity contribution in [2.75, 3.05) is 39.8 Å². The van der Waals surface area contributed by atoms with Crippen LogP contribution < -0.4 is 0 Å². The predicted molar refractivity (Wildman–Crippen MR) is 64.5 cm³/mol. The summed E-state index contributed by atoms with van der Waals surface area (Å²) in [5.74, 6) is -0.0602. The van der Waals surface area contributed by atoms with E-state index < -0.39 is 0 Å². The second-order valence-electron chi connectivity index (χ2n) is 4.44. The van der Waals surface area contributed by atoms with Gasteiger partial charge in [0.1, 0.15) is 0 Å². The number of carbonyl (C=O) groups is 2. The molecule has 1 heterocycles. The topological polar surface area (TPSA) is 49.9 Å². The Balaban J connectivity index is 2.38. The van der Waals surface area contributed by atoms with Crippen LogP contribution in [0, 0.1) is 5.92 Å². The van der Waals surface area contributed by atoms with E-state index in [1.165, 1.54) is 7.11 Å². The number of nitrogens with zero attached hydrogens (tertiary/aromatic N) is 2. The highest BCUT2D eigenvalue weighted by Gasteiger charge is 2.24. The van der Waals surface area contributed by atoms with Gasteiger partial charge in [-0.25, -0.2) is 0 Å². The Labute approximate surface area is 103 Å². The van der Waals surface area contributed by atoms with Gasteiger partial charge in [0.25, 0.3) is 0 Å². The molecule has 0 aromatic heterocycles. The van der Waals surface area contributed by atoms with E-state index in [1.807, 2.05) is 11.8 Å². The van der Waals surface area contributed by atoms with Crippen LogP contribution in [-0.2, 0) is 14.3 Å². The van der Waals surface area contributed by atoms with Crippen molar-refractivity contribution in [1.82, 2.24) is 9.80 Å². The molecule has 1 aliphatic heterocycles. The van der Waals surface area contributed by atoms with Gasteiger partial charge >= 0.3 is 5.97 Å². The van der Waals surface area contributed by atoms with Crippen molar-refractivity contribution in [3.05, 3.63) is 0 Å². The molecule has 0 saturated carbocycles. The minimum atomic E-state index is -0.138. The molecule has 1 atom stereocenters. The van der Waals surface area contributed by atoms with Gasteiger partial charge in [0.2, 0.25) is 5.91 Å². The fourth-order valence-corrected chi connectivity index (χ4v) is 2.09. The van der Waals surface area contributed by atoms with Gasteiger partial charge in [0.15, 0.2) is 0 Å². The third-order valence-electron chi connectivity index (χ3n) is 3.32. The molecule has 0 radical (unpaired) electrons. The lowest BCUT2D eigenvalue weighted by atomic mass is 10.1. The second kappa shape index (κ2) is 6.59. The first kappa shape index (κ1) is 14.0. The summed E-state index contributed by atoms with van der Waals surface area (Å²) < 4.78 is 4.77. The van der Waals surface area contributed by atoms with Crippen molar-refractivity contribution < 1.29 is 14.3 Å². The fraction of sp³-hybridized carbons (Fsp3) is 0.833. The lowest BCUT2D eigenvalue weighted by molar-refractivity contribution is -0.146. The summed E-state index contributed by atoms with van der Waals surface area (Å²) in [4.78, 5) is 26.7. The number of rotatable bonds is 4. The van der Waals surface area contributed by atoms with Gasteiger partial charge in [-0.05, 0) is 6.42 Å². The Kier molecular flexibility index (Phi) is 5.41. The highest BCUT2D eigenvalue weighted by atomic mass is 16.5. The number of ether oxygens (including phenoxy) is 1. The number of hydrogen-bond acceptors (Lipinski definition) is 4. The highest BCUT2D eigenvalue weighted by Crippen LogP contribution is 2.10. The monoisotopic (exact) mass is 242 g/mol. The molecule has 0 spiro atoms. The molecule has 1 amide bonds. The van der Waals surface area contributed by atoms with E-state index in [2.05, 4.69) is 4.90 Å². The predicted octanol–water partition coefficient (Wildman–Crippen LogP) is 0.350. The third-order valence-corrected chi connectivity index (χ3v) is 3.32. The van der Waals surface area contributed by atoms with Crippen LogP contribution in [0.2, 0.25) is 0 Å². The van der Waals surface area contributed by atoms with Crippen molar-refractivity contribution in [2.24, 2.45) is 5.92 Å². The van der Waals surface area contributed by atoms with Crippen LogP contribution in [0.3, 0.4) is 0 Å². The van der Waals surface area contributed by atoms with E-state index in [9.17, 15) is 9.59 Å². The molecule has 98 valence electrons. The fourth-order valence-electron chi connectivity index (χ4n) is 2.09.